The Bertz CT molecular complexity index is 89.6. The highest BCUT2D eigenvalue weighted by atomic mass is 16.3. The van der Waals surface area contributed by atoms with Gasteiger partial charge in [0.2, 0.25) is 0 Å². The monoisotopic (exact) mass is 160 g/mol. The summed E-state index contributed by atoms with van der Waals surface area (Å²) in [6.45, 7) is 5.97. The van der Waals surface area contributed by atoms with Crippen LogP contribution in [0.4, 0.5) is 0 Å². The van der Waals surface area contributed by atoms with Crippen LogP contribution in [0.5, 0.6) is 0 Å². The first-order valence-electron chi connectivity index (χ1n) is 4.38. The fourth-order valence-electron chi connectivity index (χ4n) is 1.04. The molecule has 0 radical (unpaired) electrons. The predicted molar refractivity (Wildman–Crippen MR) is 46.4 cm³/mol. The average molecular weight is 160 g/mol. The summed E-state index contributed by atoms with van der Waals surface area (Å²) in [6, 6.07) is 0. The Kier molecular flexibility index (Phi) is 5.51. The molecule has 0 aliphatic heterocycles. The van der Waals surface area contributed by atoms with Gasteiger partial charge >= 0.3 is 0 Å². The summed E-state index contributed by atoms with van der Waals surface area (Å²) >= 11 is 0. The fourth-order valence-corrected chi connectivity index (χ4v) is 1.04. The normalized spacial score (nSPS) is 16.9. The molecule has 2 unspecified atom stereocenters. The number of aliphatic hydroxyl groups is 2. The highest BCUT2D eigenvalue weighted by Gasteiger charge is 2.07. The molecule has 0 amide bonds. The minimum absolute atomic E-state index is 0.322. The highest BCUT2D eigenvalue weighted by molar-refractivity contribution is 4.60. The Morgan fingerprint density at radius 1 is 1.00 bits per heavy atom. The third kappa shape index (κ3) is 7.82. The third-order valence-corrected chi connectivity index (χ3v) is 1.69. The van der Waals surface area contributed by atoms with Crippen molar-refractivity contribution < 1.29 is 10.2 Å². The van der Waals surface area contributed by atoms with Crippen LogP contribution >= 0.6 is 0 Å². The smallest absolute Gasteiger partial charge is 0.0564 e. The van der Waals surface area contributed by atoms with Crippen molar-refractivity contribution in [2.24, 2.45) is 5.92 Å². The molecule has 0 rings (SSSR count). The highest BCUT2D eigenvalue weighted by Crippen LogP contribution is 2.10. The van der Waals surface area contributed by atoms with E-state index >= 15 is 0 Å². The quantitative estimate of drug-likeness (QED) is 0.640. The number of rotatable bonds is 5. The van der Waals surface area contributed by atoms with Crippen LogP contribution in [-0.4, -0.2) is 22.4 Å². The molecule has 0 aromatic heterocycles. The van der Waals surface area contributed by atoms with Crippen molar-refractivity contribution in [3.05, 3.63) is 0 Å². The van der Waals surface area contributed by atoms with Gasteiger partial charge in [-0.25, -0.2) is 0 Å². The molecule has 11 heavy (non-hydrogen) atoms. The molecular weight excluding hydrogens is 140 g/mol. The van der Waals surface area contributed by atoms with Crippen LogP contribution in [0.2, 0.25) is 0 Å². The Morgan fingerprint density at radius 3 is 1.91 bits per heavy atom. The van der Waals surface area contributed by atoms with Gasteiger partial charge in [-0.1, -0.05) is 13.8 Å². The van der Waals surface area contributed by atoms with Gasteiger partial charge in [-0.2, -0.15) is 0 Å². The molecule has 2 atom stereocenters. The summed E-state index contributed by atoms with van der Waals surface area (Å²) in [5, 5.41) is 18.2. The molecule has 2 heteroatoms. The molecule has 0 saturated heterocycles. The van der Waals surface area contributed by atoms with Crippen LogP contribution in [0.25, 0.3) is 0 Å². The molecule has 2 nitrogen and oxygen atoms in total. The zero-order valence-corrected chi connectivity index (χ0v) is 7.75. The van der Waals surface area contributed by atoms with Crippen LogP contribution in [0.1, 0.15) is 40.0 Å². The second-order valence-electron chi connectivity index (χ2n) is 3.71. The Labute approximate surface area is 69.2 Å². The van der Waals surface area contributed by atoms with E-state index in [0.29, 0.717) is 12.3 Å². The van der Waals surface area contributed by atoms with Crippen LogP contribution < -0.4 is 0 Å². The van der Waals surface area contributed by atoms with E-state index in [9.17, 15) is 5.11 Å². The maximum absolute atomic E-state index is 9.31. The van der Waals surface area contributed by atoms with E-state index in [1.807, 2.05) is 0 Å². The molecule has 0 aliphatic rings. The summed E-state index contributed by atoms with van der Waals surface area (Å²) in [6.07, 6.45) is 1.65. The van der Waals surface area contributed by atoms with Gasteiger partial charge in [0.15, 0.2) is 0 Å². The molecule has 0 aromatic rings. The predicted octanol–water partition coefficient (Wildman–Crippen LogP) is 1.55. The second kappa shape index (κ2) is 5.56. The molecule has 2 N–H and O–H groups in total. The molecule has 68 valence electrons. The third-order valence-electron chi connectivity index (χ3n) is 1.69. The second-order valence-corrected chi connectivity index (χ2v) is 3.71. The van der Waals surface area contributed by atoms with Crippen LogP contribution in [-0.2, 0) is 0 Å². The van der Waals surface area contributed by atoms with Gasteiger partial charge in [0, 0.05) is 0 Å². The lowest BCUT2D eigenvalue weighted by Gasteiger charge is -2.13. The van der Waals surface area contributed by atoms with E-state index in [1.165, 1.54) is 0 Å². The van der Waals surface area contributed by atoms with Gasteiger partial charge in [-0.3, -0.25) is 0 Å². The summed E-state index contributed by atoms with van der Waals surface area (Å²) in [5.41, 5.74) is 0. The summed E-state index contributed by atoms with van der Waals surface area (Å²) in [4.78, 5) is 0. The average Bonchev–Trinajstić information content (AvgIpc) is 1.82. The SMILES string of the molecule is CC(C)CCC(O)CC(C)O. The van der Waals surface area contributed by atoms with Crippen LogP contribution in [0.15, 0.2) is 0 Å². The Morgan fingerprint density at radius 2 is 1.55 bits per heavy atom. The first-order chi connectivity index (χ1) is 5.02. The van der Waals surface area contributed by atoms with Crippen LogP contribution in [0.3, 0.4) is 0 Å². The summed E-state index contributed by atoms with van der Waals surface area (Å²) in [5.74, 6) is 0.638. The van der Waals surface area contributed by atoms with E-state index in [1.54, 1.807) is 6.92 Å². The first-order valence-corrected chi connectivity index (χ1v) is 4.38. The zero-order chi connectivity index (χ0) is 8.85. The molecular formula is C9H20O2. The molecule has 0 heterocycles. The molecule has 0 saturated carbocycles. The van der Waals surface area contributed by atoms with Crippen molar-refractivity contribution in [3.63, 3.8) is 0 Å². The van der Waals surface area contributed by atoms with Crippen molar-refractivity contribution in [1.29, 1.82) is 0 Å². The van der Waals surface area contributed by atoms with Crippen molar-refractivity contribution >= 4 is 0 Å². The topological polar surface area (TPSA) is 40.5 Å². The molecule has 0 bridgehead atoms. The molecule has 0 fully saturated rings. The van der Waals surface area contributed by atoms with Crippen molar-refractivity contribution in [3.8, 4) is 0 Å². The minimum atomic E-state index is -0.378. The number of hydrogen-bond donors (Lipinski definition) is 2. The van der Waals surface area contributed by atoms with Gasteiger partial charge in [0.25, 0.3) is 0 Å². The summed E-state index contributed by atoms with van der Waals surface area (Å²) < 4.78 is 0. The first kappa shape index (κ1) is 10.9. The van der Waals surface area contributed by atoms with E-state index < -0.39 is 0 Å². The van der Waals surface area contributed by atoms with Gasteiger partial charge < -0.3 is 10.2 Å². The maximum atomic E-state index is 9.31. The number of aliphatic hydroxyl groups excluding tert-OH is 2. The maximum Gasteiger partial charge on any atom is 0.0564 e. The van der Waals surface area contributed by atoms with Gasteiger partial charge in [-0.05, 0) is 32.1 Å². The lowest BCUT2D eigenvalue weighted by molar-refractivity contribution is 0.0815. The zero-order valence-electron chi connectivity index (χ0n) is 7.75. The summed E-state index contributed by atoms with van der Waals surface area (Å²) in [7, 11) is 0. The minimum Gasteiger partial charge on any atom is -0.393 e. The Balaban J connectivity index is 3.29. The fraction of sp³-hybridized carbons (Fsp3) is 1.00. The van der Waals surface area contributed by atoms with Gasteiger partial charge in [0.05, 0.1) is 12.2 Å². The van der Waals surface area contributed by atoms with Crippen molar-refractivity contribution in [2.75, 3.05) is 0 Å². The lowest BCUT2D eigenvalue weighted by atomic mass is 10.0. The Hall–Kier alpha value is -0.0800. The lowest BCUT2D eigenvalue weighted by Crippen LogP contribution is -2.15. The van der Waals surface area contributed by atoms with Crippen LogP contribution in [0, 0.1) is 5.92 Å². The van der Waals surface area contributed by atoms with E-state index in [4.69, 9.17) is 5.11 Å². The molecule has 0 aliphatic carbocycles. The van der Waals surface area contributed by atoms with Gasteiger partial charge in [-0.15, -0.1) is 0 Å². The van der Waals surface area contributed by atoms with Crippen molar-refractivity contribution in [1.82, 2.24) is 0 Å². The molecule has 0 aromatic carbocycles. The van der Waals surface area contributed by atoms with E-state index in [0.717, 1.165) is 12.8 Å². The number of hydrogen-bond acceptors (Lipinski definition) is 2. The van der Waals surface area contributed by atoms with Crippen molar-refractivity contribution in [2.45, 2.75) is 52.2 Å². The largest absolute Gasteiger partial charge is 0.393 e. The van der Waals surface area contributed by atoms with E-state index in [2.05, 4.69) is 13.8 Å². The van der Waals surface area contributed by atoms with Gasteiger partial charge in [0.1, 0.15) is 0 Å². The standard InChI is InChI=1S/C9H20O2/c1-7(2)4-5-9(11)6-8(3)10/h7-11H,4-6H2,1-3H3. The van der Waals surface area contributed by atoms with E-state index in [-0.39, 0.29) is 12.2 Å². The molecule has 0 spiro atoms.